The number of nitrogens with zero attached hydrogens (tertiary/aromatic N) is 7. The summed E-state index contributed by atoms with van der Waals surface area (Å²) in [5, 5.41) is 9.99. The molecular formula is C52H35F15N8O+2. The molecule has 8 heterocycles. The van der Waals surface area contributed by atoms with Crippen LogP contribution in [0.4, 0.5) is 71.5 Å². The molecule has 9 nitrogen and oxygen atoms in total. The number of fused-ring (bicyclic) bond motifs is 5. The number of allylic oxidation sites excluding steroid dienone is 11. The van der Waals surface area contributed by atoms with Crippen LogP contribution in [0.3, 0.4) is 0 Å². The van der Waals surface area contributed by atoms with Crippen molar-refractivity contribution in [3.8, 4) is 0 Å². The smallest absolute Gasteiger partial charge is 0.460 e. The highest BCUT2D eigenvalue weighted by atomic mass is 19.4. The Morgan fingerprint density at radius 2 is 0.855 bits per heavy atom. The fourth-order valence-electron chi connectivity index (χ4n) is 8.35. The second kappa shape index (κ2) is 18.2. The predicted molar refractivity (Wildman–Crippen MR) is 250 cm³/mol. The topological polar surface area (TPSA) is 96.5 Å². The molecule has 0 aliphatic carbocycles. The van der Waals surface area contributed by atoms with Crippen LogP contribution in [-0.4, -0.2) is 86.8 Å². The zero-order valence-corrected chi connectivity index (χ0v) is 39.1. The van der Waals surface area contributed by atoms with E-state index in [0.717, 1.165) is 35.4 Å². The molecule has 0 atom stereocenters. The van der Waals surface area contributed by atoms with E-state index in [2.05, 4.69) is 9.98 Å². The van der Waals surface area contributed by atoms with Gasteiger partial charge in [-0.3, -0.25) is 0 Å². The van der Waals surface area contributed by atoms with Gasteiger partial charge >= 0.3 is 41.7 Å². The Hall–Kier alpha value is -8.31. The minimum atomic E-state index is -8.54. The average Bonchev–Trinajstić information content (AvgIpc) is 4.22. The van der Waals surface area contributed by atoms with Crippen LogP contribution in [0.2, 0.25) is 0 Å². The van der Waals surface area contributed by atoms with Gasteiger partial charge in [-0.15, -0.1) is 0 Å². The molecule has 4 aromatic rings. The second-order valence-electron chi connectivity index (χ2n) is 17.6. The quantitative estimate of drug-likeness (QED) is 0.0716. The molecule has 0 saturated carbocycles. The molecule has 0 saturated heterocycles. The first-order valence-corrected chi connectivity index (χ1v) is 22.2. The SMILES string of the molecule is CN1C=CC(=C2C3=NC(=C(c4ccc(N=C(O)C(F)(F)C(F)(F)C(F)(F)C(F)(F)C(F)(F)C(F)(F)C(F)(F)F)cc4)C4=NC(=C(c5cc[n+](C)cc5)c5ccc([nH]5)C(c5cc[n+](C)cc5)=C5C=CC2=N5)C=C4)C=C3)C=C1. The van der Waals surface area contributed by atoms with Gasteiger partial charge in [-0.25, -0.2) is 29.1 Å². The van der Waals surface area contributed by atoms with Crippen molar-refractivity contribution in [3.63, 3.8) is 0 Å². The molecule has 8 bridgehead atoms. The van der Waals surface area contributed by atoms with E-state index >= 15 is 8.78 Å². The summed E-state index contributed by atoms with van der Waals surface area (Å²) in [6, 6.07) is 15.1. The third-order valence-corrected chi connectivity index (χ3v) is 12.5. The summed E-state index contributed by atoms with van der Waals surface area (Å²) >= 11 is 0. The number of aliphatic hydroxyl groups excluding tert-OH is 1. The Labute approximate surface area is 420 Å². The Balaban J connectivity index is 1.19. The van der Waals surface area contributed by atoms with E-state index in [1.165, 1.54) is 0 Å². The van der Waals surface area contributed by atoms with Gasteiger partial charge in [-0.1, -0.05) is 12.1 Å². The number of hydrogen-bond donors (Lipinski definition) is 2. The van der Waals surface area contributed by atoms with Crippen molar-refractivity contribution in [2.24, 2.45) is 34.1 Å². The summed E-state index contributed by atoms with van der Waals surface area (Å²) in [7, 11) is 5.53. The van der Waals surface area contributed by atoms with Gasteiger partial charge in [-0.2, -0.15) is 65.9 Å². The summed E-state index contributed by atoms with van der Waals surface area (Å²) in [4.78, 5) is 23.3. The summed E-state index contributed by atoms with van der Waals surface area (Å²) < 4.78 is 213. The number of aliphatic hydroxyl groups is 1. The molecule has 1 aromatic carbocycles. The molecule has 392 valence electrons. The molecule has 76 heavy (non-hydrogen) atoms. The van der Waals surface area contributed by atoms with Crippen LogP contribution in [0.15, 0.2) is 195 Å². The van der Waals surface area contributed by atoms with Crippen LogP contribution in [0.25, 0.3) is 16.7 Å². The molecule has 9 rings (SSSR count). The van der Waals surface area contributed by atoms with Crippen molar-refractivity contribution in [3.05, 3.63) is 203 Å². The van der Waals surface area contributed by atoms with Gasteiger partial charge in [0, 0.05) is 77.4 Å². The van der Waals surface area contributed by atoms with Crippen LogP contribution in [0, 0.1) is 0 Å². The Kier molecular flexibility index (Phi) is 12.6. The number of aromatic nitrogens is 3. The molecule has 5 aliphatic rings. The third-order valence-electron chi connectivity index (χ3n) is 12.5. The van der Waals surface area contributed by atoms with Crippen LogP contribution < -0.4 is 9.13 Å². The number of aryl methyl sites for hydroxylation is 2. The third kappa shape index (κ3) is 8.51. The van der Waals surface area contributed by atoms with Crippen LogP contribution in [0.5, 0.6) is 0 Å². The lowest BCUT2D eigenvalue weighted by atomic mass is 9.91. The molecule has 0 spiro atoms. The van der Waals surface area contributed by atoms with Crippen molar-refractivity contribution in [1.82, 2.24) is 9.88 Å². The molecular weight excluding hydrogens is 1040 g/mol. The van der Waals surface area contributed by atoms with Crippen LogP contribution in [0.1, 0.15) is 28.1 Å². The molecule has 2 N–H and O–H groups in total. The maximum atomic E-state index is 15.0. The number of halogens is 15. The number of nitrogens with one attached hydrogen (secondary N) is 1. The first-order valence-electron chi connectivity index (χ1n) is 22.2. The molecule has 24 heteroatoms. The zero-order valence-electron chi connectivity index (χ0n) is 39.1. The van der Waals surface area contributed by atoms with E-state index < -0.39 is 53.3 Å². The fraction of sp³-hybridized carbons (Fsp3) is 0.192. The standard InChI is InChI=1S/C52H34F15N8O/c1-73-22-16-29(17-23-73)42-35-10-8-33(69-35)41(28-4-6-32(7-5-28)68-45(76)46(53,54)47(55,56)48(57,58)49(59,60)50(61,62)51(63,64)52(65,66)67)34-9-11-36(70-34)43(30-18-24-74(2)25-19-30)38-13-15-40(72-38)44(39-14-12-37(42)71-39)31-20-26-75(3)27-21-31/h4-27H,1-3H3,(H-,68,69,70,71,72,76)/q+1/p+1. The summed E-state index contributed by atoms with van der Waals surface area (Å²) in [6.45, 7) is 0. The van der Waals surface area contributed by atoms with Crippen molar-refractivity contribution in [1.29, 1.82) is 0 Å². The van der Waals surface area contributed by atoms with Crippen LogP contribution >= 0.6 is 0 Å². The van der Waals surface area contributed by atoms with Crippen molar-refractivity contribution in [2.45, 2.75) is 41.7 Å². The van der Waals surface area contributed by atoms with Gasteiger partial charge in [0.15, 0.2) is 24.8 Å². The Morgan fingerprint density at radius 1 is 0.474 bits per heavy atom. The monoisotopic (exact) mass is 1070 g/mol. The number of alkyl halides is 15. The molecule has 5 aliphatic heterocycles. The van der Waals surface area contributed by atoms with Gasteiger partial charge in [0.2, 0.25) is 0 Å². The van der Waals surface area contributed by atoms with Crippen LogP contribution in [-0.2, 0) is 14.1 Å². The molecule has 0 radical (unpaired) electrons. The first-order chi connectivity index (χ1) is 35.5. The van der Waals surface area contributed by atoms with E-state index in [-0.39, 0.29) is 22.5 Å². The zero-order chi connectivity index (χ0) is 55.1. The number of rotatable bonds is 10. The molecule has 3 aromatic heterocycles. The number of benzene rings is 1. The lowest BCUT2D eigenvalue weighted by Gasteiger charge is -2.41. The number of hydrogen-bond acceptors (Lipinski definition) is 5. The lowest BCUT2D eigenvalue weighted by Crippen LogP contribution is -2.73. The van der Waals surface area contributed by atoms with E-state index in [4.69, 9.17) is 15.0 Å². The summed E-state index contributed by atoms with van der Waals surface area (Å²) in [5.41, 5.74) is 7.18. The highest BCUT2D eigenvalue weighted by Gasteiger charge is 2.94. The van der Waals surface area contributed by atoms with Gasteiger partial charge in [-0.05, 0) is 95.1 Å². The van der Waals surface area contributed by atoms with Crippen molar-refractivity contribution < 1.29 is 80.1 Å². The number of H-pyrrole nitrogens is 1. The first kappa shape index (κ1) is 52.5. The van der Waals surface area contributed by atoms with Gasteiger partial charge in [0.1, 0.15) is 14.1 Å². The van der Waals surface area contributed by atoms with Gasteiger partial charge in [0.25, 0.3) is 5.90 Å². The minimum absolute atomic E-state index is 0.123. The fourth-order valence-corrected chi connectivity index (χ4v) is 8.35. The maximum absolute atomic E-state index is 15.0. The van der Waals surface area contributed by atoms with E-state index in [1.54, 1.807) is 24.3 Å². The second-order valence-corrected chi connectivity index (χ2v) is 17.6. The average molecular weight is 1070 g/mol. The Bertz CT molecular complexity index is 3470. The Morgan fingerprint density at radius 3 is 1.29 bits per heavy atom. The predicted octanol–water partition coefficient (Wildman–Crippen LogP) is 11.9. The molecule has 0 unspecified atom stereocenters. The van der Waals surface area contributed by atoms with Gasteiger partial charge < -0.3 is 15.0 Å². The van der Waals surface area contributed by atoms with E-state index in [1.807, 2.05) is 133 Å². The summed E-state index contributed by atoms with van der Waals surface area (Å²) in [6.07, 6.45) is 17.3. The van der Waals surface area contributed by atoms with E-state index in [0.29, 0.717) is 56.5 Å². The van der Waals surface area contributed by atoms with Gasteiger partial charge in [0.05, 0.1) is 39.9 Å². The summed E-state index contributed by atoms with van der Waals surface area (Å²) in [5.74, 6) is -52.1. The largest absolute Gasteiger partial charge is 0.492 e. The maximum Gasteiger partial charge on any atom is 0.460 e. The number of aromatic amines is 1. The number of pyridine rings is 2. The molecule has 0 amide bonds. The van der Waals surface area contributed by atoms with Crippen molar-refractivity contribution >= 4 is 45.4 Å². The highest BCUT2D eigenvalue weighted by Crippen LogP contribution is 2.62. The minimum Gasteiger partial charge on any atom is -0.492 e. The van der Waals surface area contributed by atoms with Crippen molar-refractivity contribution in [2.75, 3.05) is 7.05 Å². The highest BCUT2D eigenvalue weighted by molar-refractivity contribution is 6.36. The number of aliphatic imine (C=N–C) groups is 4. The lowest BCUT2D eigenvalue weighted by molar-refractivity contribution is -0.671. The normalized spacial score (nSPS) is 17.7. The van der Waals surface area contributed by atoms with E-state index in [9.17, 15) is 62.2 Å². The molecule has 0 fully saturated rings.